The van der Waals surface area contributed by atoms with E-state index in [1.807, 2.05) is 18.3 Å². The third-order valence-corrected chi connectivity index (χ3v) is 2.71. The normalized spacial score (nSPS) is 25.5. The van der Waals surface area contributed by atoms with E-state index in [0.717, 1.165) is 18.9 Å². The monoisotopic (exact) mass is 207 g/mol. The summed E-state index contributed by atoms with van der Waals surface area (Å²) in [6.07, 6.45) is 2.05. The Labute approximate surface area is 90.0 Å². The van der Waals surface area contributed by atoms with Crippen LogP contribution in [-0.4, -0.2) is 37.3 Å². The highest BCUT2D eigenvalue weighted by atomic mass is 16.5. The number of nitrogens with zero attached hydrogens (tertiary/aromatic N) is 1. The van der Waals surface area contributed by atoms with Crippen molar-refractivity contribution in [3.05, 3.63) is 23.9 Å². The van der Waals surface area contributed by atoms with Crippen molar-refractivity contribution in [2.75, 3.05) is 25.5 Å². The molecule has 1 fully saturated rings. The average molecular weight is 207 g/mol. The summed E-state index contributed by atoms with van der Waals surface area (Å²) in [5.74, 6) is 0.922. The summed E-state index contributed by atoms with van der Waals surface area (Å²) in [6.45, 7) is 3.89. The van der Waals surface area contributed by atoms with Crippen LogP contribution >= 0.6 is 0 Å². The van der Waals surface area contributed by atoms with Gasteiger partial charge in [0.2, 0.25) is 0 Å². The molecule has 1 aromatic rings. The van der Waals surface area contributed by atoms with Gasteiger partial charge in [-0.2, -0.15) is 0 Å². The zero-order valence-corrected chi connectivity index (χ0v) is 9.16. The Morgan fingerprint density at radius 2 is 2.40 bits per heavy atom. The minimum atomic E-state index is 0.229. The molecule has 0 amide bonds. The summed E-state index contributed by atoms with van der Waals surface area (Å²) in [6, 6.07) is 4.35. The Hall–Kier alpha value is -1.13. The molecule has 1 aliphatic rings. The molecule has 2 unspecified atom stereocenters. The SMILES string of the molecule is COC1CNCC1Nc1cc(C)ccn1. The second kappa shape index (κ2) is 4.59. The van der Waals surface area contributed by atoms with E-state index in [1.54, 1.807) is 7.11 Å². The minimum absolute atomic E-state index is 0.229. The van der Waals surface area contributed by atoms with Gasteiger partial charge in [0.1, 0.15) is 5.82 Å². The van der Waals surface area contributed by atoms with Crippen molar-refractivity contribution in [3.8, 4) is 0 Å². The van der Waals surface area contributed by atoms with E-state index < -0.39 is 0 Å². The molecule has 82 valence electrons. The Kier molecular flexibility index (Phi) is 3.18. The first-order valence-electron chi connectivity index (χ1n) is 5.22. The van der Waals surface area contributed by atoms with E-state index in [0.29, 0.717) is 6.04 Å². The average Bonchev–Trinajstić information content (AvgIpc) is 2.65. The van der Waals surface area contributed by atoms with Crippen LogP contribution < -0.4 is 10.6 Å². The first-order valence-corrected chi connectivity index (χ1v) is 5.22. The van der Waals surface area contributed by atoms with Gasteiger partial charge < -0.3 is 15.4 Å². The number of hydrogen-bond acceptors (Lipinski definition) is 4. The minimum Gasteiger partial charge on any atom is -0.378 e. The lowest BCUT2D eigenvalue weighted by Crippen LogP contribution is -2.33. The van der Waals surface area contributed by atoms with Gasteiger partial charge in [0.25, 0.3) is 0 Å². The van der Waals surface area contributed by atoms with Crippen molar-refractivity contribution >= 4 is 5.82 Å². The Morgan fingerprint density at radius 3 is 3.13 bits per heavy atom. The first kappa shape index (κ1) is 10.4. The van der Waals surface area contributed by atoms with Crippen LogP contribution in [0.4, 0.5) is 5.82 Å². The van der Waals surface area contributed by atoms with Gasteiger partial charge in [0.05, 0.1) is 12.1 Å². The van der Waals surface area contributed by atoms with Crippen molar-refractivity contribution in [3.63, 3.8) is 0 Å². The summed E-state index contributed by atoms with van der Waals surface area (Å²) in [5, 5.41) is 6.68. The Balaban J connectivity index is 2.02. The topological polar surface area (TPSA) is 46.2 Å². The number of aromatic nitrogens is 1. The zero-order valence-electron chi connectivity index (χ0n) is 9.16. The third kappa shape index (κ3) is 2.46. The molecule has 2 N–H and O–H groups in total. The smallest absolute Gasteiger partial charge is 0.126 e. The van der Waals surface area contributed by atoms with Gasteiger partial charge in [0.15, 0.2) is 0 Å². The Bertz CT molecular complexity index is 329. The first-order chi connectivity index (χ1) is 7.29. The second-order valence-electron chi connectivity index (χ2n) is 3.90. The highest BCUT2D eigenvalue weighted by Gasteiger charge is 2.26. The fourth-order valence-corrected chi connectivity index (χ4v) is 1.85. The number of aryl methyl sites for hydroxylation is 1. The van der Waals surface area contributed by atoms with Crippen molar-refractivity contribution in [1.82, 2.24) is 10.3 Å². The molecule has 15 heavy (non-hydrogen) atoms. The molecule has 0 aromatic carbocycles. The zero-order chi connectivity index (χ0) is 10.7. The number of methoxy groups -OCH3 is 1. The molecule has 2 rings (SSSR count). The molecule has 4 heteroatoms. The van der Waals surface area contributed by atoms with Crippen molar-refractivity contribution in [2.24, 2.45) is 0 Å². The van der Waals surface area contributed by atoms with Crippen LogP contribution in [-0.2, 0) is 4.74 Å². The van der Waals surface area contributed by atoms with Gasteiger partial charge in [0, 0.05) is 26.4 Å². The molecule has 2 atom stereocenters. The molecule has 1 saturated heterocycles. The maximum absolute atomic E-state index is 5.37. The number of pyridine rings is 1. The highest BCUT2D eigenvalue weighted by molar-refractivity contribution is 5.38. The number of anilines is 1. The largest absolute Gasteiger partial charge is 0.378 e. The third-order valence-electron chi connectivity index (χ3n) is 2.71. The number of nitrogens with one attached hydrogen (secondary N) is 2. The van der Waals surface area contributed by atoms with Crippen molar-refractivity contribution in [2.45, 2.75) is 19.1 Å². The summed E-state index contributed by atoms with van der Waals surface area (Å²) < 4.78 is 5.37. The summed E-state index contributed by atoms with van der Waals surface area (Å²) >= 11 is 0. The van der Waals surface area contributed by atoms with E-state index in [1.165, 1.54) is 5.56 Å². The molecule has 0 bridgehead atoms. The Morgan fingerprint density at radius 1 is 1.53 bits per heavy atom. The van der Waals surface area contributed by atoms with Gasteiger partial charge >= 0.3 is 0 Å². The maximum Gasteiger partial charge on any atom is 0.126 e. The molecular formula is C11H17N3O. The second-order valence-corrected chi connectivity index (χ2v) is 3.90. The fraction of sp³-hybridized carbons (Fsp3) is 0.545. The molecular weight excluding hydrogens is 190 g/mol. The van der Waals surface area contributed by atoms with Gasteiger partial charge in [-0.25, -0.2) is 4.98 Å². The van der Waals surface area contributed by atoms with E-state index in [9.17, 15) is 0 Å². The summed E-state index contributed by atoms with van der Waals surface area (Å²) in [7, 11) is 1.75. The van der Waals surface area contributed by atoms with Gasteiger partial charge in [-0.3, -0.25) is 0 Å². The van der Waals surface area contributed by atoms with Crippen LogP contribution in [0.5, 0.6) is 0 Å². The molecule has 0 aliphatic carbocycles. The summed E-state index contributed by atoms with van der Waals surface area (Å²) in [4.78, 5) is 4.28. The van der Waals surface area contributed by atoms with Crippen molar-refractivity contribution in [1.29, 1.82) is 0 Å². The van der Waals surface area contributed by atoms with Crippen LogP contribution in [0.1, 0.15) is 5.56 Å². The van der Waals surface area contributed by atoms with Crippen LogP contribution in [0.3, 0.4) is 0 Å². The van der Waals surface area contributed by atoms with E-state index in [4.69, 9.17) is 4.74 Å². The summed E-state index contributed by atoms with van der Waals surface area (Å²) in [5.41, 5.74) is 1.22. The number of ether oxygens (including phenoxy) is 1. The van der Waals surface area contributed by atoms with Gasteiger partial charge in [-0.15, -0.1) is 0 Å². The number of rotatable bonds is 3. The van der Waals surface area contributed by atoms with Gasteiger partial charge in [-0.1, -0.05) is 0 Å². The molecule has 0 radical (unpaired) electrons. The maximum atomic E-state index is 5.37. The molecule has 2 heterocycles. The molecule has 4 nitrogen and oxygen atoms in total. The lowest BCUT2D eigenvalue weighted by atomic mass is 10.2. The standard InChI is InChI=1S/C11H17N3O/c1-8-3-4-13-11(5-8)14-9-6-12-7-10(9)15-2/h3-5,9-10,12H,6-7H2,1-2H3,(H,13,14). The fourth-order valence-electron chi connectivity index (χ4n) is 1.85. The molecule has 0 saturated carbocycles. The highest BCUT2D eigenvalue weighted by Crippen LogP contribution is 2.12. The lowest BCUT2D eigenvalue weighted by Gasteiger charge is -2.19. The predicted octanol–water partition coefficient (Wildman–Crippen LogP) is 0.789. The van der Waals surface area contributed by atoms with E-state index in [-0.39, 0.29) is 6.10 Å². The van der Waals surface area contributed by atoms with E-state index in [2.05, 4.69) is 22.5 Å². The van der Waals surface area contributed by atoms with Crippen molar-refractivity contribution < 1.29 is 4.74 Å². The van der Waals surface area contributed by atoms with Crippen LogP contribution in [0.25, 0.3) is 0 Å². The van der Waals surface area contributed by atoms with E-state index >= 15 is 0 Å². The van der Waals surface area contributed by atoms with Crippen LogP contribution in [0.2, 0.25) is 0 Å². The quantitative estimate of drug-likeness (QED) is 0.769. The lowest BCUT2D eigenvalue weighted by molar-refractivity contribution is 0.111. The van der Waals surface area contributed by atoms with Crippen LogP contribution in [0, 0.1) is 6.92 Å². The predicted molar refractivity (Wildman–Crippen MR) is 60.1 cm³/mol. The van der Waals surface area contributed by atoms with Gasteiger partial charge in [-0.05, 0) is 24.6 Å². The number of hydrogen-bond donors (Lipinski definition) is 2. The molecule has 1 aromatic heterocycles. The molecule has 0 spiro atoms. The van der Waals surface area contributed by atoms with Crippen LogP contribution in [0.15, 0.2) is 18.3 Å². The molecule has 1 aliphatic heterocycles.